The molecule has 0 bridgehead atoms. The molecule has 0 saturated heterocycles. The summed E-state index contributed by atoms with van der Waals surface area (Å²) in [6.07, 6.45) is 1.23. The first-order chi connectivity index (χ1) is 10.0. The minimum absolute atomic E-state index is 0.125. The molecule has 0 fully saturated rings. The molecule has 110 valence electrons. The van der Waals surface area contributed by atoms with Gasteiger partial charge in [-0.1, -0.05) is 17.7 Å². The van der Waals surface area contributed by atoms with Crippen LogP contribution in [0.3, 0.4) is 0 Å². The molecule has 0 aliphatic carbocycles. The Bertz CT molecular complexity index is 642. The smallest absolute Gasteiger partial charge is 0.330 e. The van der Waals surface area contributed by atoms with Crippen LogP contribution in [0.15, 0.2) is 30.5 Å². The fourth-order valence-corrected chi connectivity index (χ4v) is 1.88. The molecule has 7 heteroatoms. The van der Waals surface area contributed by atoms with Crippen molar-refractivity contribution in [3.63, 3.8) is 0 Å². The van der Waals surface area contributed by atoms with E-state index >= 15 is 0 Å². The van der Waals surface area contributed by atoms with Gasteiger partial charge in [-0.25, -0.2) is 4.98 Å². The van der Waals surface area contributed by atoms with Gasteiger partial charge in [-0.15, -0.1) is 0 Å². The fourth-order valence-electron chi connectivity index (χ4n) is 1.88. The molecular formula is C14H17N5O2. The van der Waals surface area contributed by atoms with Crippen LogP contribution in [-0.2, 0) is 0 Å². The summed E-state index contributed by atoms with van der Waals surface area (Å²) in [4.78, 5) is 20.6. The van der Waals surface area contributed by atoms with E-state index < -0.39 is 4.92 Å². The molecule has 7 nitrogen and oxygen atoms in total. The second kappa shape index (κ2) is 6.17. The summed E-state index contributed by atoms with van der Waals surface area (Å²) in [7, 11) is 1.75. The molecule has 0 amide bonds. The fraction of sp³-hybridized carbons (Fsp3) is 0.286. The van der Waals surface area contributed by atoms with Gasteiger partial charge < -0.3 is 10.2 Å². The Balaban J connectivity index is 2.46. The highest BCUT2D eigenvalue weighted by Gasteiger charge is 2.21. The maximum absolute atomic E-state index is 11.2. The molecule has 1 aromatic heterocycles. The Kier molecular flexibility index (Phi) is 4.32. The zero-order valence-corrected chi connectivity index (χ0v) is 12.2. The van der Waals surface area contributed by atoms with E-state index in [-0.39, 0.29) is 11.5 Å². The van der Waals surface area contributed by atoms with E-state index in [1.807, 2.05) is 38.1 Å². The summed E-state index contributed by atoms with van der Waals surface area (Å²) < 4.78 is 0. The highest BCUT2D eigenvalue weighted by atomic mass is 16.6. The summed E-state index contributed by atoms with van der Waals surface area (Å²) in [5.74, 6) is 0.631. The van der Waals surface area contributed by atoms with Crippen molar-refractivity contribution >= 4 is 23.1 Å². The van der Waals surface area contributed by atoms with Crippen molar-refractivity contribution in [1.82, 2.24) is 9.97 Å². The zero-order chi connectivity index (χ0) is 15.4. The van der Waals surface area contributed by atoms with Crippen LogP contribution in [0, 0.1) is 17.0 Å². The molecule has 2 rings (SSSR count). The van der Waals surface area contributed by atoms with Gasteiger partial charge in [0.25, 0.3) is 0 Å². The largest absolute Gasteiger partial charge is 0.354 e. The third-order valence-corrected chi connectivity index (χ3v) is 3.02. The summed E-state index contributed by atoms with van der Waals surface area (Å²) in [6, 6.07) is 7.69. The first kappa shape index (κ1) is 14.7. The van der Waals surface area contributed by atoms with Crippen molar-refractivity contribution in [2.24, 2.45) is 0 Å². The van der Waals surface area contributed by atoms with Gasteiger partial charge in [0.1, 0.15) is 6.20 Å². The number of aryl methyl sites for hydroxylation is 1. The zero-order valence-electron chi connectivity index (χ0n) is 12.2. The Morgan fingerprint density at radius 1 is 1.33 bits per heavy atom. The van der Waals surface area contributed by atoms with Crippen LogP contribution in [0.25, 0.3) is 0 Å². The molecule has 2 aromatic rings. The molecule has 0 aliphatic heterocycles. The predicted octanol–water partition coefficient (Wildman–Crippen LogP) is 2.89. The van der Waals surface area contributed by atoms with Crippen LogP contribution in [-0.4, -0.2) is 28.5 Å². The minimum atomic E-state index is -0.476. The maximum Gasteiger partial charge on any atom is 0.330 e. The summed E-state index contributed by atoms with van der Waals surface area (Å²) in [5.41, 5.74) is 1.82. The lowest BCUT2D eigenvalue weighted by Crippen LogP contribution is -2.15. The van der Waals surface area contributed by atoms with E-state index in [4.69, 9.17) is 0 Å². The average Bonchev–Trinajstić information content (AvgIpc) is 2.47. The van der Waals surface area contributed by atoms with E-state index in [0.29, 0.717) is 12.5 Å². The maximum atomic E-state index is 11.2. The first-order valence-electron chi connectivity index (χ1n) is 6.58. The number of rotatable bonds is 5. The van der Waals surface area contributed by atoms with Gasteiger partial charge in [-0.3, -0.25) is 10.1 Å². The van der Waals surface area contributed by atoms with Crippen molar-refractivity contribution in [3.05, 3.63) is 46.1 Å². The standard InChI is InChI=1S/C14H17N5O2/c1-4-15-14-16-9-12(19(20)21)13(17-14)18(3)11-7-5-10(2)6-8-11/h5-9H,4H2,1-3H3,(H,15,16,17). The molecule has 1 heterocycles. The lowest BCUT2D eigenvalue weighted by atomic mass is 10.2. The Morgan fingerprint density at radius 2 is 2.00 bits per heavy atom. The summed E-state index contributed by atoms with van der Waals surface area (Å²) >= 11 is 0. The lowest BCUT2D eigenvalue weighted by molar-refractivity contribution is -0.384. The first-order valence-corrected chi connectivity index (χ1v) is 6.58. The summed E-state index contributed by atoms with van der Waals surface area (Å²) in [6.45, 7) is 4.54. The van der Waals surface area contributed by atoms with Crippen molar-refractivity contribution < 1.29 is 4.92 Å². The highest BCUT2D eigenvalue weighted by molar-refractivity contribution is 5.68. The van der Waals surface area contributed by atoms with Crippen molar-refractivity contribution in [2.45, 2.75) is 13.8 Å². The number of hydrogen-bond donors (Lipinski definition) is 1. The van der Waals surface area contributed by atoms with Gasteiger partial charge >= 0.3 is 5.69 Å². The van der Waals surface area contributed by atoms with Crippen molar-refractivity contribution in [2.75, 3.05) is 23.8 Å². The van der Waals surface area contributed by atoms with Crippen LogP contribution in [0.4, 0.5) is 23.1 Å². The van der Waals surface area contributed by atoms with E-state index in [9.17, 15) is 10.1 Å². The lowest BCUT2D eigenvalue weighted by Gasteiger charge is -2.18. The molecule has 0 spiro atoms. The number of benzene rings is 1. The van der Waals surface area contributed by atoms with Crippen LogP contribution in [0.2, 0.25) is 0 Å². The molecule has 0 unspecified atom stereocenters. The molecule has 1 aromatic carbocycles. The number of nitro groups is 1. The number of nitrogens with one attached hydrogen (secondary N) is 1. The molecule has 0 aliphatic rings. The monoisotopic (exact) mass is 287 g/mol. The second-order valence-electron chi connectivity index (χ2n) is 4.58. The van der Waals surface area contributed by atoms with Crippen LogP contribution in [0.1, 0.15) is 12.5 Å². The summed E-state index contributed by atoms with van der Waals surface area (Å²) in [5, 5.41) is 14.1. The van der Waals surface area contributed by atoms with E-state index in [1.165, 1.54) is 6.20 Å². The molecule has 21 heavy (non-hydrogen) atoms. The normalized spacial score (nSPS) is 10.2. The van der Waals surface area contributed by atoms with Gasteiger partial charge in [-0.2, -0.15) is 4.98 Å². The Hall–Kier alpha value is -2.70. The van der Waals surface area contributed by atoms with E-state index in [1.54, 1.807) is 11.9 Å². The number of hydrogen-bond acceptors (Lipinski definition) is 6. The van der Waals surface area contributed by atoms with Gasteiger partial charge in [0.2, 0.25) is 11.8 Å². The Labute approximate surface area is 122 Å². The van der Waals surface area contributed by atoms with Gasteiger partial charge in [0, 0.05) is 19.3 Å². The van der Waals surface area contributed by atoms with Crippen LogP contribution < -0.4 is 10.2 Å². The quantitative estimate of drug-likeness (QED) is 0.672. The number of aromatic nitrogens is 2. The minimum Gasteiger partial charge on any atom is -0.354 e. The third-order valence-electron chi connectivity index (χ3n) is 3.02. The topological polar surface area (TPSA) is 84.2 Å². The Morgan fingerprint density at radius 3 is 2.57 bits per heavy atom. The van der Waals surface area contributed by atoms with Crippen LogP contribution >= 0.6 is 0 Å². The SMILES string of the molecule is CCNc1ncc([N+](=O)[O-])c(N(C)c2ccc(C)cc2)n1. The third kappa shape index (κ3) is 3.25. The van der Waals surface area contributed by atoms with Gasteiger partial charge in [0.15, 0.2) is 0 Å². The molecule has 0 atom stereocenters. The second-order valence-corrected chi connectivity index (χ2v) is 4.58. The molecule has 1 N–H and O–H groups in total. The van der Waals surface area contributed by atoms with Crippen molar-refractivity contribution in [3.8, 4) is 0 Å². The van der Waals surface area contributed by atoms with Crippen molar-refractivity contribution in [1.29, 1.82) is 0 Å². The highest BCUT2D eigenvalue weighted by Crippen LogP contribution is 2.30. The predicted molar refractivity (Wildman–Crippen MR) is 82.1 cm³/mol. The molecular weight excluding hydrogens is 270 g/mol. The molecule has 0 radical (unpaired) electrons. The number of anilines is 3. The average molecular weight is 287 g/mol. The van der Waals surface area contributed by atoms with Crippen LogP contribution in [0.5, 0.6) is 0 Å². The number of nitrogens with zero attached hydrogens (tertiary/aromatic N) is 4. The van der Waals surface area contributed by atoms with E-state index in [2.05, 4.69) is 15.3 Å². The molecule has 0 saturated carbocycles. The van der Waals surface area contributed by atoms with Gasteiger partial charge in [-0.05, 0) is 26.0 Å². The van der Waals surface area contributed by atoms with Gasteiger partial charge in [0.05, 0.1) is 4.92 Å². The van der Waals surface area contributed by atoms with E-state index in [0.717, 1.165) is 11.3 Å².